The molecule has 0 aromatic carbocycles. The molecule has 0 saturated carbocycles. The molecule has 0 saturated heterocycles. The number of likely N-dealkylation sites (N-methyl/N-ethyl adjacent to an activating group) is 1. The first-order valence-corrected chi connectivity index (χ1v) is 5.55. The van der Waals surface area contributed by atoms with Crippen LogP contribution in [0.3, 0.4) is 0 Å². The standard InChI is InChI=1S/C11H22N2/c1-4-6-10(7-5-2)11-12-8-9-13(11)3/h10H,4-9H2,1-3H3. The first-order valence-electron chi connectivity index (χ1n) is 5.55. The van der Waals surface area contributed by atoms with Crippen molar-refractivity contribution >= 4 is 5.84 Å². The summed E-state index contributed by atoms with van der Waals surface area (Å²) in [6.45, 7) is 6.66. The van der Waals surface area contributed by atoms with Gasteiger partial charge in [0.05, 0.1) is 6.54 Å². The molecular weight excluding hydrogens is 160 g/mol. The van der Waals surface area contributed by atoms with Crippen LogP contribution in [0.25, 0.3) is 0 Å². The van der Waals surface area contributed by atoms with Crippen LogP contribution in [0.4, 0.5) is 0 Å². The maximum absolute atomic E-state index is 4.60. The molecule has 1 rings (SSSR count). The highest BCUT2D eigenvalue weighted by Gasteiger charge is 2.21. The molecule has 0 amide bonds. The van der Waals surface area contributed by atoms with Gasteiger partial charge in [-0.1, -0.05) is 26.7 Å². The zero-order valence-electron chi connectivity index (χ0n) is 9.21. The molecule has 76 valence electrons. The molecule has 0 spiro atoms. The van der Waals surface area contributed by atoms with Crippen molar-refractivity contribution in [3.63, 3.8) is 0 Å². The second-order valence-corrected chi connectivity index (χ2v) is 3.94. The van der Waals surface area contributed by atoms with Crippen LogP contribution in [0.2, 0.25) is 0 Å². The van der Waals surface area contributed by atoms with Crippen molar-refractivity contribution in [3.05, 3.63) is 0 Å². The van der Waals surface area contributed by atoms with Gasteiger partial charge < -0.3 is 4.90 Å². The third kappa shape index (κ3) is 2.71. The largest absolute Gasteiger partial charge is 0.361 e. The van der Waals surface area contributed by atoms with E-state index in [9.17, 15) is 0 Å². The first kappa shape index (κ1) is 10.6. The fraction of sp³-hybridized carbons (Fsp3) is 0.909. The van der Waals surface area contributed by atoms with Gasteiger partial charge in [0.2, 0.25) is 0 Å². The molecule has 0 N–H and O–H groups in total. The van der Waals surface area contributed by atoms with Crippen LogP contribution in [0.5, 0.6) is 0 Å². The highest BCUT2D eigenvalue weighted by molar-refractivity contribution is 5.85. The minimum absolute atomic E-state index is 0.725. The van der Waals surface area contributed by atoms with Gasteiger partial charge in [0.25, 0.3) is 0 Å². The fourth-order valence-electron chi connectivity index (χ4n) is 2.09. The molecule has 13 heavy (non-hydrogen) atoms. The summed E-state index contributed by atoms with van der Waals surface area (Å²) in [6, 6.07) is 0. The summed E-state index contributed by atoms with van der Waals surface area (Å²) in [6.07, 6.45) is 5.16. The number of hydrogen-bond donors (Lipinski definition) is 0. The summed E-state index contributed by atoms with van der Waals surface area (Å²) < 4.78 is 0. The predicted octanol–water partition coefficient (Wildman–Crippen LogP) is 2.55. The molecule has 0 radical (unpaired) electrons. The summed E-state index contributed by atoms with van der Waals surface area (Å²) >= 11 is 0. The van der Waals surface area contributed by atoms with E-state index in [1.165, 1.54) is 31.5 Å². The molecule has 1 aliphatic rings. The number of nitrogens with zero attached hydrogens (tertiary/aromatic N) is 2. The molecule has 2 heteroatoms. The average Bonchev–Trinajstić information content (AvgIpc) is 2.51. The number of amidine groups is 1. The topological polar surface area (TPSA) is 15.6 Å². The Hall–Kier alpha value is -0.530. The van der Waals surface area contributed by atoms with Crippen LogP contribution >= 0.6 is 0 Å². The Bertz CT molecular complexity index is 169. The van der Waals surface area contributed by atoms with Gasteiger partial charge in [-0.2, -0.15) is 0 Å². The molecule has 0 bridgehead atoms. The minimum atomic E-state index is 0.725. The van der Waals surface area contributed by atoms with Crippen molar-refractivity contribution in [3.8, 4) is 0 Å². The van der Waals surface area contributed by atoms with Crippen LogP contribution < -0.4 is 0 Å². The molecule has 0 aliphatic carbocycles. The molecule has 1 heterocycles. The maximum Gasteiger partial charge on any atom is 0.102 e. The second kappa shape index (κ2) is 5.25. The third-order valence-corrected chi connectivity index (χ3v) is 2.74. The SMILES string of the molecule is CCCC(CCC)C1=NCCN1C. The van der Waals surface area contributed by atoms with Gasteiger partial charge in [-0.3, -0.25) is 4.99 Å². The monoisotopic (exact) mass is 182 g/mol. The zero-order chi connectivity index (χ0) is 9.68. The Morgan fingerprint density at radius 2 is 1.92 bits per heavy atom. The predicted molar refractivity (Wildman–Crippen MR) is 58.2 cm³/mol. The van der Waals surface area contributed by atoms with E-state index in [0.717, 1.165) is 19.0 Å². The van der Waals surface area contributed by atoms with Gasteiger partial charge in [0, 0.05) is 19.5 Å². The van der Waals surface area contributed by atoms with E-state index in [0.29, 0.717) is 0 Å². The molecule has 0 aromatic rings. The van der Waals surface area contributed by atoms with Crippen LogP contribution in [0, 0.1) is 5.92 Å². The normalized spacial score (nSPS) is 16.9. The van der Waals surface area contributed by atoms with Crippen molar-refractivity contribution in [1.29, 1.82) is 0 Å². The number of hydrogen-bond acceptors (Lipinski definition) is 2. The lowest BCUT2D eigenvalue weighted by Gasteiger charge is -2.22. The van der Waals surface area contributed by atoms with Crippen LogP contribution in [-0.2, 0) is 0 Å². The highest BCUT2D eigenvalue weighted by Crippen LogP contribution is 2.19. The van der Waals surface area contributed by atoms with Gasteiger partial charge in [-0.05, 0) is 12.8 Å². The van der Waals surface area contributed by atoms with Crippen LogP contribution in [0.1, 0.15) is 39.5 Å². The summed E-state index contributed by atoms with van der Waals surface area (Å²) in [4.78, 5) is 6.93. The van der Waals surface area contributed by atoms with E-state index < -0.39 is 0 Å². The highest BCUT2D eigenvalue weighted by atomic mass is 15.2. The van der Waals surface area contributed by atoms with Crippen molar-refractivity contribution in [1.82, 2.24) is 4.90 Å². The second-order valence-electron chi connectivity index (χ2n) is 3.94. The quantitative estimate of drug-likeness (QED) is 0.638. The first-order chi connectivity index (χ1) is 6.29. The van der Waals surface area contributed by atoms with E-state index in [2.05, 4.69) is 30.8 Å². The Morgan fingerprint density at radius 1 is 1.31 bits per heavy atom. The lowest BCUT2D eigenvalue weighted by Crippen LogP contribution is -2.29. The third-order valence-electron chi connectivity index (χ3n) is 2.74. The van der Waals surface area contributed by atoms with Gasteiger partial charge in [0.15, 0.2) is 0 Å². The lowest BCUT2D eigenvalue weighted by molar-refractivity contribution is 0.472. The minimum Gasteiger partial charge on any atom is -0.361 e. The van der Waals surface area contributed by atoms with Crippen molar-refractivity contribution in [2.24, 2.45) is 10.9 Å². The van der Waals surface area contributed by atoms with Crippen molar-refractivity contribution in [2.75, 3.05) is 20.1 Å². The van der Waals surface area contributed by atoms with E-state index in [-0.39, 0.29) is 0 Å². The van der Waals surface area contributed by atoms with E-state index in [4.69, 9.17) is 0 Å². The molecule has 0 fully saturated rings. The smallest absolute Gasteiger partial charge is 0.102 e. The van der Waals surface area contributed by atoms with Gasteiger partial charge in [-0.15, -0.1) is 0 Å². The lowest BCUT2D eigenvalue weighted by atomic mass is 9.96. The maximum atomic E-state index is 4.60. The van der Waals surface area contributed by atoms with Crippen molar-refractivity contribution in [2.45, 2.75) is 39.5 Å². The summed E-state index contributed by atoms with van der Waals surface area (Å²) in [5.74, 6) is 2.09. The molecular formula is C11H22N2. The van der Waals surface area contributed by atoms with Gasteiger partial charge in [0.1, 0.15) is 5.84 Å². The Kier molecular flexibility index (Phi) is 4.26. The number of rotatable bonds is 5. The summed E-state index contributed by atoms with van der Waals surface area (Å²) in [5, 5.41) is 0. The summed E-state index contributed by atoms with van der Waals surface area (Å²) in [5.41, 5.74) is 0. The van der Waals surface area contributed by atoms with E-state index >= 15 is 0 Å². The average molecular weight is 182 g/mol. The van der Waals surface area contributed by atoms with Gasteiger partial charge in [-0.25, -0.2) is 0 Å². The fourth-order valence-corrected chi connectivity index (χ4v) is 2.09. The molecule has 0 unspecified atom stereocenters. The Labute approximate surface area is 82.0 Å². The van der Waals surface area contributed by atoms with E-state index in [1.807, 2.05) is 0 Å². The van der Waals surface area contributed by atoms with E-state index in [1.54, 1.807) is 0 Å². The summed E-state index contributed by atoms with van der Waals surface area (Å²) in [7, 11) is 2.17. The zero-order valence-corrected chi connectivity index (χ0v) is 9.21. The van der Waals surface area contributed by atoms with Crippen LogP contribution in [-0.4, -0.2) is 30.9 Å². The van der Waals surface area contributed by atoms with Crippen molar-refractivity contribution < 1.29 is 0 Å². The number of aliphatic imine (C=N–C) groups is 1. The Morgan fingerprint density at radius 3 is 2.31 bits per heavy atom. The Balaban J connectivity index is 2.52. The molecule has 2 nitrogen and oxygen atoms in total. The van der Waals surface area contributed by atoms with Crippen LogP contribution in [0.15, 0.2) is 4.99 Å². The molecule has 1 aliphatic heterocycles. The van der Waals surface area contributed by atoms with Gasteiger partial charge >= 0.3 is 0 Å². The molecule has 0 aromatic heterocycles. The molecule has 0 atom stereocenters.